The van der Waals surface area contributed by atoms with Crippen molar-refractivity contribution >= 4 is 12.1 Å². The predicted octanol–water partition coefficient (Wildman–Crippen LogP) is 3.37. The molecule has 0 saturated carbocycles. The fourth-order valence-corrected chi connectivity index (χ4v) is 1.89. The number of hydrogen-bond donors (Lipinski definition) is 1. The maximum Gasteiger partial charge on any atom is 0.408 e. The van der Waals surface area contributed by atoms with Gasteiger partial charge in [0, 0.05) is 6.92 Å². The van der Waals surface area contributed by atoms with Crippen molar-refractivity contribution in [1.82, 2.24) is 5.32 Å². The fourth-order valence-electron chi connectivity index (χ4n) is 1.89. The molecule has 0 aromatic heterocycles. The van der Waals surface area contributed by atoms with Gasteiger partial charge in [-0.1, -0.05) is 36.9 Å². The highest BCUT2D eigenvalue weighted by molar-refractivity contribution is 5.69. The van der Waals surface area contributed by atoms with Gasteiger partial charge in [0.05, 0.1) is 6.04 Å². The summed E-state index contributed by atoms with van der Waals surface area (Å²) < 4.78 is 10.5. The van der Waals surface area contributed by atoms with E-state index in [2.05, 4.69) is 11.9 Å². The normalized spacial score (nSPS) is 13.6. The molecule has 1 N–H and O–H groups in total. The fraction of sp³-hybridized carbons (Fsp3) is 0.412. The minimum Gasteiger partial charge on any atom is -0.456 e. The second kappa shape index (κ2) is 7.64. The van der Waals surface area contributed by atoms with Crippen LogP contribution in [0.5, 0.6) is 0 Å². The van der Waals surface area contributed by atoms with E-state index in [9.17, 15) is 9.59 Å². The molecule has 0 saturated heterocycles. The van der Waals surface area contributed by atoms with Gasteiger partial charge in [-0.3, -0.25) is 4.79 Å². The van der Waals surface area contributed by atoms with Gasteiger partial charge >= 0.3 is 12.1 Å². The van der Waals surface area contributed by atoms with Crippen LogP contribution in [0.25, 0.3) is 0 Å². The minimum absolute atomic E-state index is 0.447. The number of hydrogen-bond acceptors (Lipinski definition) is 4. The van der Waals surface area contributed by atoms with E-state index >= 15 is 0 Å². The summed E-state index contributed by atoms with van der Waals surface area (Å²) in [6.07, 6.45) is 0.212. The Kier molecular flexibility index (Phi) is 6.16. The van der Waals surface area contributed by atoms with Gasteiger partial charge in [0.25, 0.3) is 0 Å². The first-order valence-corrected chi connectivity index (χ1v) is 7.07. The highest BCUT2D eigenvalue weighted by Crippen LogP contribution is 2.21. The minimum atomic E-state index is -0.688. The number of carbonyl (C=O) groups is 2. The molecule has 0 radical (unpaired) electrons. The Balaban J connectivity index is 2.98. The van der Waals surface area contributed by atoms with E-state index in [1.165, 1.54) is 13.0 Å². The zero-order valence-corrected chi connectivity index (χ0v) is 13.5. The smallest absolute Gasteiger partial charge is 0.408 e. The molecule has 0 unspecified atom stereocenters. The number of nitrogens with one attached hydrogen (secondary N) is 1. The Morgan fingerprint density at radius 2 is 1.82 bits per heavy atom. The van der Waals surface area contributed by atoms with Gasteiger partial charge in [-0.05, 0) is 32.4 Å². The molecule has 0 aliphatic carbocycles. The molecule has 22 heavy (non-hydrogen) atoms. The van der Waals surface area contributed by atoms with E-state index in [4.69, 9.17) is 9.47 Å². The first kappa shape index (κ1) is 17.8. The van der Waals surface area contributed by atoms with Gasteiger partial charge in [0.2, 0.25) is 0 Å². The average Bonchev–Trinajstić information content (AvgIpc) is 2.41. The molecular weight excluding hydrogens is 282 g/mol. The number of alkyl carbamates (subject to hydrolysis) is 1. The first-order valence-electron chi connectivity index (χ1n) is 7.07. The summed E-state index contributed by atoms with van der Waals surface area (Å²) in [5.74, 6) is -0.447. The molecule has 5 heteroatoms. The SMILES string of the molecule is C=C[C@H](OC(C)=O)[C@H](NC(=O)OC(C)(C)C)c1ccccc1. The topological polar surface area (TPSA) is 64.6 Å². The highest BCUT2D eigenvalue weighted by Gasteiger charge is 2.27. The van der Waals surface area contributed by atoms with Crippen LogP contribution < -0.4 is 5.32 Å². The molecule has 0 spiro atoms. The van der Waals surface area contributed by atoms with Gasteiger partial charge in [0.1, 0.15) is 11.7 Å². The van der Waals surface area contributed by atoms with Crippen molar-refractivity contribution in [2.24, 2.45) is 0 Å². The molecule has 1 amide bonds. The van der Waals surface area contributed by atoms with E-state index in [1.807, 2.05) is 30.3 Å². The lowest BCUT2D eigenvalue weighted by Crippen LogP contribution is -2.40. The number of carbonyl (C=O) groups excluding carboxylic acids is 2. The number of amides is 1. The zero-order valence-electron chi connectivity index (χ0n) is 13.5. The van der Waals surface area contributed by atoms with Crippen LogP contribution in [0.1, 0.15) is 39.3 Å². The number of esters is 1. The standard InChI is InChI=1S/C17H23NO4/c1-6-14(21-12(2)19)15(13-10-8-7-9-11-13)18-16(20)22-17(3,4)5/h6-11,14-15H,1H2,2-5H3,(H,18,20)/t14-,15+/m0/s1. The summed E-state index contributed by atoms with van der Waals surface area (Å²) in [4.78, 5) is 23.3. The lowest BCUT2D eigenvalue weighted by molar-refractivity contribution is -0.145. The van der Waals surface area contributed by atoms with E-state index in [-0.39, 0.29) is 0 Å². The van der Waals surface area contributed by atoms with Crippen LogP contribution in [0.4, 0.5) is 4.79 Å². The van der Waals surface area contributed by atoms with Crippen molar-refractivity contribution in [2.45, 2.75) is 45.4 Å². The largest absolute Gasteiger partial charge is 0.456 e. The summed E-state index contributed by atoms with van der Waals surface area (Å²) in [6, 6.07) is 8.64. The first-order chi connectivity index (χ1) is 10.2. The van der Waals surface area contributed by atoms with Crippen LogP contribution in [0.3, 0.4) is 0 Å². The van der Waals surface area contributed by atoms with Gasteiger partial charge < -0.3 is 14.8 Å². The summed E-state index contributed by atoms with van der Waals surface area (Å²) in [7, 11) is 0. The summed E-state index contributed by atoms with van der Waals surface area (Å²) >= 11 is 0. The molecular formula is C17H23NO4. The van der Waals surface area contributed by atoms with Crippen LogP contribution in [-0.4, -0.2) is 23.8 Å². The van der Waals surface area contributed by atoms with Crippen LogP contribution in [-0.2, 0) is 14.3 Å². The lowest BCUT2D eigenvalue weighted by Gasteiger charge is -2.27. The van der Waals surface area contributed by atoms with Crippen molar-refractivity contribution < 1.29 is 19.1 Å². The Bertz CT molecular complexity index is 519. The molecule has 0 fully saturated rings. The molecule has 0 heterocycles. The Hall–Kier alpha value is -2.30. The van der Waals surface area contributed by atoms with Crippen molar-refractivity contribution in [3.8, 4) is 0 Å². The number of benzene rings is 1. The highest BCUT2D eigenvalue weighted by atomic mass is 16.6. The van der Waals surface area contributed by atoms with E-state index in [1.54, 1.807) is 20.8 Å². The van der Waals surface area contributed by atoms with Gasteiger partial charge in [0.15, 0.2) is 0 Å². The Labute approximate surface area is 131 Å². The molecule has 2 atom stereocenters. The maximum absolute atomic E-state index is 12.0. The molecule has 5 nitrogen and oxygen atoms in total. The summed E-state index contributed by atoms with van der Waals surface area (Å²) in [5, 5.41) is 2.74. The summed E-state index contributed by atoms with van der Waals surface area (Å²) in [5.41, 5.74) is 0.177. The van der Waals surface area contributed by atoms with Gasteiger partial charge in [-0.2, -0.15) is 0 Å². The molecule has 1 aromatic carbocycles. The number of rotatable bonds is 5. The average molecular weight is 305 g/mol. The lowest BCUT2D eigenvalue weighted by atomic mass is 10.0. The van der Waals surface area contributed by atoms with Crippen LogP contribution in [0.15, 0.2) is 43.0 Å². The third kappa shape index (κ3) is 5.99. The monoisotopic (exact) mass is 305 g/mol. The van der Waals surface area contributed by atoms with E-state index in [0.717, 1.165) is 5.56 Å². The molecule has 0 aliphatic heterocycles. The number of ether oxygens (including phenoxy) is 2. The molecule has 0 bridgehead atoms. The molecule has 1 aromatic rings. The van der Waals surface area contributed by atoms with Crippen molar-refractivity contribution in [3.63, 3.8) is 0 Å². The van der Waals surface area contributed by atoms with Crippen LogP contribution in [0, 0.1) is 0 Å². The zero-order chi connectivity index (χ0) is 16.8. The second-order valence-electron chi connectivity index (χ2n) is 5.84. The second-order valence-corrected chi connectivity index (χ2v) is 5.84. The quantitative estimate of drug-likeness (QED) is 0.669. The van der Waals surface area contributed by atoms with E-state index in [0.29, 0.717) is 0 Å². The summed E-state index contributed by atoms with van der Waals surface area (Å²) in [6.45, 7) is 10.3. The van der Waals surface area contributed by atoms with Gasteiger partial charge in [-0.25, -0.2) is 4.79 Å². The van der Waals surface area contributed by atoms with Crippen molar-refractivity contribution in [2.75, 3.05) is 0 Å². The Morgan fingerprint density at radius 3 is 2.27 bits per heavy atom. The predicted molar refractivity (Wildman–Crippen MR) is 84.3 cm³/mol. The molecule has 120 valence electrons. The Morgan fingerprint density at radius 1 is 1.23 bits per heavy atom. The van der Waals surface area contributed by atoms with Crippen LogP contribution in [0.2, 0.25) is 0 Å². The molecule has 0 aliphatic rings. The van der Waals surface area contributed by atoms with Crippen LogP contribution >= 0.6 is 0 Å². The molecule has 1 rings (SSSR count). The van der Waals surface area contributed by atoms with Crippen molar-refractivity contribution in [3.05, 3.63) is 48.6 Å². The third-order valence-corrected chi connectivity index (χ3v) is 2.69. The van der Waals surface area contributed by atoms with Gasteiger partial charge in [-0.15, -0.1) is 0 Å². The van der Waals surface area contributed by atoms with E-state index < -0.39 is 29.8 Å². The maximum atomic E-state index is 12.0. The third-order valence-electron chi connectivity index (χ3n) is 2.69. The van der Waals surface area contributed by atoms with Crippen molar-refractivity contribution in [1.29, 1.82) is 0 Å².